The maximum Gasteiger partial charge on any atom is 0.438 e. The topological polar surface area (TPSA) is 83.5 Å². The van der Waals surface area contributed by atoms with Crippen LogP contribution in [0.25, 0.3) is 0 Å². The van der Waals surface area contributed by atoms with Crippen LogP contribution >= 0.6 is 0 Å². The summed E-state index contributed by atoms with van der Waals surface area (Å²) >= 11 is 0. The summed E-state index contributed by atoms with van der Waals surface area (Å²) in [6, 6.07) is 0. The average Bonchev–Trinajstić information content (AvgIpc) is 3.15. The van der Waals surface area contributed by atoms with Gasteiger partial charge in [0.25, 0.3) is 0 Å². The molecule has 0 amide bonds. The Balaban J connectivity index is 1.89. The van der Waals surface area contributed by atoms with E-state index in [1.807, 2.05) is 0 Å². The van der Waals surface area contributed by atoms with Gasteiger partial charge in [0.1, 0.15) is 0 Å². The number of hydrogen-bond donors (Lipinski definition) is 0. The molecule has 5 unspecified atom stereocenters. The Morgan fingerprint density at radius 3 is 2.04 bits per heavy atom. The van der Waals surface area contributed by atoms with Gasteiger partial charge in [0.15, 0.2) is 0 Å². The molecule has 3 rings (SSSR count). The number of carbonyl (C=O) groups is 1. The van der Waals surface area contributed by atoms with Crippen molar-refractivity contribution < 1.29 is 48.8 Å². The highest BCUT2D eigenvalue weighted by Gasteiger charge is 2.75. The van der Waals surface area contributed by atoms with E-state index in [0.717, 1.165) is 19.3 Å². The minimum absolute atomic E-state index is 0.0504. The number of esters is 1. The van der Waals surface area contributed by atoms with Crippen molar-refractivity contribution in [3.05, 3.63) is 0 Å². The Morgan fingerprint density at radius 1 is 0.963 bits per heavy atom. The summed E-state index contributed by atoms with van der Waals surface area (Å²) in [4.78, 5) is 12.3. The molecule has 3 aliphatic rings. The summed E-state index contributed by atoms with van der Waals surface area (Å²) in [5, 5.41) is 0. The number of carbonyl (C=O) groups excluding carboxylic acids is 1. The number of hydrogen-bond acceptors (Lipinski definition) is 5. The van der Waals surface area contributed by atoms with Crippen LogP contribution in [0.1, 0.15) is 32.1 Å². The fourth-order valence-corrected chi connectivity index (χ4v) is 6.19. The molecular formula is C15H17F6O5S-. The van der Waals surface area contributed by atoms with E-state index in [2.05, 4.69) is 4.74 Å². The predicted octanol–water partition coefficient (Wildman–Crippen LogP) is 3.01. The van der Waals surface area contributed by atoms with E-state index in [0.29, 0.717) is 12.3 Å². The first-order valence-corrected chi connectivity index (χ1v) is 10.0. The van der Waals surface area contributed by atoms with Gasteiger partial charge in [0.05, 0.1) is 21.8 Å². The lowest BCUT2D eigenvalue weighted by atomic mass is 9.76. The lowest BCUT2D eigenvalue weighted by Gasteiger charge is -2.39. The molecule has 3 aliphatic carbocycles. The van der Waals surface area contributed by atoms with Crippen molar-refractivity contribution in [2.24, 2.45) is 29.6 Å². The highest BCUT2D eigenvalue weighted by Crippen LogP contribution is 2.61. The smallest absolute Gasteiger partial charge is 0.438 e. The van der Waals surface area contributed by atoms with Gasteiger partial charge in [-0.15, -0.1) is 0 Å². The van der Waals surface area contributed by atoms with Gasteiger partial charge in [-0.1, -0.05) is 6.42 Å². The van der Waals surface area contributed by atoms with E-state index in [9.17, 15) is 44.1 Å². The van der Waals surface area contributed by atoms with Crippen molar-refractivity contribution >= 4 is 16.1 Å². The van der Waals surface area contributed by atoms with E-state index in [4.69, 9.17) is 0 Å². The maximum absolute atomic E-state index is 13.3. The van der Waals surface area contributed by atoms with Crippen LogP contribution < -0.4 is 0 Å². The van der Waals surface area contributed by atoms with Gasteiger partial charge < -0.3 is 9.29 Å². The van der Waals surface area contributed by atoms with E-state index < -0.39 is 45.7 Å². The summed E-state index contributed by atoms with van der Waals surface area (Å²) in [6.07, 6.45) is -9.38. The summed E-state index contributed by atoms with van der Waals surface area (Å²) in [5.74, 6) is -5.73. The van der Waals surface area contributed by atoms with E-state index >= 15 is 0 Å². The number of alkyl halides is 6. The molecule has 3 fully saturated rings. The van der Waals surface area contributed by atoms with Gasteiger partial charge >= 0.3 is 23.9 Å². The molecule has 0 heterocycles. The van der Waals surface area contributed by atoms with Crippen LogP contribution in [0.2, 0.25) is 0 Å². The Kier molecular flexibility index (Phi) is 4.77. The second-order valence-electron chi connectivity index (χ2n) is 7.71. The standard InChI is InChI=1S/C15H18F6O5S/c16-14(17,18)13(15(19,20)21,6-27(23,24)25)26-12(22)11-5-7-4-10(11)9-3-1-2-8(7)9/h7-11H,1-6H2,(H,23,24,25)/p-1. The second kappa shape index (κ2) is 6.23. The van der Waals surface area contributed by atoms with Crippen LogP contribution in [0.4, 0.5) is 26.3 Å². The van der Waals surface area contributed by atoms with E-state index in [-0.39, 0.29) is 24.2 Å². The minimum Gasteiger partial charge on any atom is -0.748 e. The normalized spacial score (nSPS) is 34.0. The first-order valence-electron chi connectivity index (χ1n) is 8.46. The van der Waals surface area contributed by atoms with Gasteiger partial charge in [0, 0.05) is 0 Å². The van der Waals surface area contributed by atoms with Gasteiger partial charge in [-0.05, 0) is 49.4 Å². The van der Waals surface area contributed by atoms with Crippen molar-refractivity contribution in [1.82, 2.24) is 0 Å². The minimum atomic E-state index is -6.31. The number of fused-ring (bicyclic) bond motifs is 5. The molecule has 0 aromatic heterocycles. The number of rotatable bonds is 4. The summed E-state index contributed by atoms with van der Waals surface area (Å²) in [5.41, 5.74) is -5.37. The monoisotopic (exact) mass is 423 g/mol. The van der Waals surface area contributed by atoms with Crippen LogP contribution in [0, 0.1) is 29.6 Å². The number of ether oxygens (including phenoxy) is 1. The van der Waals surface area contributed by atoms with Crippen LogP contribution in [0.3, 0.4) is 0 Å². The molecule has 156 valence electrons. The fourth-order valence-electron chi connectivity index (χ4n) is 5.31. The largest absolute Gasteiger partial charge is 0.748 e. The van der Waals surface area contributed by atoms with E-state index in [1.165, 1.54) is 0 Å². The Morgan fingerprint density at radius 2 is 1.52 bits per heavy atom. The Hall–Kier alpha value is -1.04. The third-order valence-electron chi connectivity index (χ3n) is 6.30. The lowest BCUT2D eigenvalue weighted by molar-refractivity contribution is -0.362. The van der Waals surface area contributed by atoms with E-state index in [1.54, 1.807) is 0 Å². The molecule has 0 aromatic rings. The second-order valence-corrected chi connectivity index (χ2v) is 9.11. The molecule has 12 heteroatoms. The summed E-state index contributed by atoms with van der Waals surface area (Å²) in [7, 11) is -6.01. The first kappa shape index (κ1) is 20.7. The third-order valence-corrected chi connectivity index (χ3v) is 7.06. The molecule has 0 spiro atoms. The fraction of sp³-hybridized carbons (Fsp3) is 0.933. The molecule has 27 heavy (non-hydrogen) atoms. The number of halogens is 6. The van der Waals surface area contributed by atoms with Crippen LogP contribution in [0.15, 0.2) is 0 Å². The quantitative estimate of drug-likeness (QED) is 0.394. The molecule has 0 aromatic carbocycles. The molecular weight excluding hydrogens is 406 g/mol. The molecule has 0 saturated heterocycles. The van der Waals surface area contributed by atoms with Crippen molar-refractivity contribution in [1.29, 1.82) is 0 Å². The maximum atomic E-state index is 13.3. The van der Waals surface area contributed by atoms with Gasteiger partial charge in [-0.3, -0.25) is 4.79 Å². The van der Waals surface area contributed by atoms with Crippen LogP contribution in [-0.4, -0.2) is 42.6 Å². The lowest BCUT2D eigenvalue weighted by Crippen LogP contribution is -2.64. The SMILES string of the molecule is O=C(OC(CS(=O)(=O)[O-])(C(F)(F)F)C(F)(F)F)C1CC2CC1C1CCCC21. The molecule has 2 bridgehead atoms. The van der Waals surface area contributed by atoms with Gasteiger partial charge in [-0.25, -0.2) is 8.42 Å². The highest BCUT2D eigenvalue weighted by molar-refractivity contribution is 7.85. The van der Waals surface area contributed by atoms with Crippen molar-refractivity contribution in [3.8, 4) is 0 Å². The first-order chi connectivity index (χ1) is 12.2. The van der Waals surface area contributed by atoms with Crippen molar-refractivity contribution in [2.45, 2.75) is 50.1 Å². The molecule has 5 atom stereocenters. The zero-order valence-electron chi connectivity index (χ0n) is 13.8. The average molecular weight is 423 g/mol. The van der Waals surface area contributed by atoms with Gasteiger partial charge in [-0.2, -0.15) is 26.3 Å². The molecule has 0 radical (unpaired) electrons. The van der Waals surface area contributed by atoms with Crippen LogP contribution in [-0.2, 0) is 19.6 Å². The van der Waals surface area contributed by atoms with Crippen molar-refractivity contribution in [2.75, 3.05) is 5.75 Å². The highest BCUT2D eigenvalue weighted by atomic mass is 32.2. The molecule has 3 saturated carbocycles. The Labute approximate surface area is 151 Å². The third kappa shape index (κ3) is 3.43. The predicted molar refractivity (Wildman–Crippen MR) is 76.0 cm³/mol. The van der Waals surface area contributed by atoms with Gasteiger partial charge in [0.2, 0.25) is 0 Å². The zero-order chi connectivity index (χ0) is 20.4. The summed E-state index contributed by atoms with van der Waals surface area (Å²) in [6.45, 7) is 0. The summed E-state index contributed by atoms with van der Waals surface area (Å²) < 4.78 is 116. The zero-order valence-corrected chi connectivity index (χ0v) is 14.7. The molecule has 5 nitrogen and oxygen atoms in total. The molecule has 0 aliphatic heterocycles. The Bertz CT molecular complexity index is 701. The van der Waals surface area contributed by atoms with Crippen molar-refractivity contribution in [3.63, 3.8) is 0 Å². The van der Waals surface area contributed by atoms with Crippen LogP contribution in [0.5, 0.6) is 0 Å². The molecule has 0 N–H and O–H groups in total.